The van der Waals surface area contributed by atoms with Crippen molar-refractivity contribution in [3.8, 4) is 11.4 Å². The second-order valence-electron chi connectivity index (χ2n) is 5.94. The van der Waals surface area contributed by atoms with Gasteiger partial charge in [-0.1, -0.05) is 11.6 Å². The number of fused-ring (bicyclic) bond motifs is 3. The SMILES string of the molecule is C[NH+]1CCc2c(sc3nc(-c4ccc(Cl)cc4)n(N)c(=O)c23)C1. The molecule has 5 nitrogen and oxygen atoms in total. The molecule has 0 amide bonds. The predicted octanol–water partition coefficient (Wildman–Crippen LogP) is 1.06. The summed E-state index contributed by atoms with van der Waals surface area (Å²) in [5, 5.41) is 1.33. The minimum atomic E-state index is -0.169. The normalized spacial score (nSPS) is 17.4. The standard InChI is InChI=1S/C16H15ClN4OS/c1-20-7-6-11-12(8-20)23-15-13(11)16(22)21(18)14(19-15)9-2-4-10(17)5-3-9/h2-5H,6-8,18H2,1H3/p+1. The maximum atomic E-state index is 12.8. The van der Waals surface area contributed by atoms with Crippen LogP contribution in [0.2, 0.25) is 5.02 Å². The third-order valence-electron chi connectivity index (χ3n) is 4.31. The third kappa shape index (κ3) is 2.34. The summed E-state index contributed by atoms with van der Waals surface area (Å²) in [5.74, 6) is 6.52. The Kier molecular flexibility index (Phi) is 3.41. The Hall–Kier alpha value is -1.89. The van der Waals surface area contributed by atoms with E-state index in [9.17, 15) is 4.79 Å². The molecule has 0 spiro atoms. The van der Waals surface area contributed by atoms with E-state index in [1.165, 1.54) is 9.78 Å². The predicted molar refractivity (Wildman–Crippen MR) is 93.6 cm³/mol. The molecular weight excluding hydrogens is 332 g/mol. The highest BCUT2D eigenvalue weighted by molar-refractivity contribution is 7.18. The third-order valence-corrected chi connectivity index (χ3v) is 5.68. The van der Waals surface area contributed by atoms with Gasteiger partial charge in [0.05, 0.1) is 23.9 Å². The van der Waals surface area contributed by atoms with Crippen molar-refractivity contribution in [3.05, 3.63) is 50.1 Å². The summed E-state index contributed by atoms with van der Waals surface area (Å²) in [7, 11) is 2.17. The Labute approximate surface area is 141 Å². The fourth-order valence-electron chi connectivity index (χ4n) is 3.07. The molecular formula is C16H16ClN4OS+. The van der Waals surface area contributed by atoms with Crippen molar-refractivity contribution < 1.29 is 4.90 Å². The van der Waals surface area contributed by atoms with Gasteiger partial charge in [-0.3, -0.25) is 4.79 Å². The van der Waals surface area contributed by atoms with E-state index < -0.39 is 0 Å². The van der Waals surface area contributed by atoms with Crippen LogP contribution < -0.4 is 16.3 Å². The van der Waals surface area contributed by atoms with Gasteiger partial charge in [-0.05, 0) is 29.8 Å². The van der Waals surface area contributed by atoms with Gasteiger partial charge in [-0.25, -0.2) is 9.66 Å². The van der Waals surface area contributed by atoms with Crippen LogP contribution in [0.3, 0.4) is 0 Å². The van der Waals surface area contributed by atoms with Gasteiger partial charge in [0.25, 0.3) is 5.56 Å². The lowest BCUT2D eigenvalue weighted by atomic mass is 10.1. The maximum absolute atomic E-state index is 12.8. The molecule has 0 saturated carbocycles. The van der Waals surface area contributed by atoms with Crippen LogP contribution in [0, 0.1) is 0 Å². The number of benzene rings is 1. The van der Waals surface area contributed by atoms with E-state index in [1.54, 1.807) is 23.5 Å². The Balaban J connectivity index is 1.97. The first-order valence-electron chi connectivity index (χ1n) is 7.44. The molecule has 0 saturated heterocycles. The molecule has 3 heterocycles. The van der Waals surface area contributed by atoms with Crippen LogP contribution in [-0.2, 0) is 13.0 Å². The molecule has 3 N–H and O–H groups in total. The van der Waals surface area contributed by atoms with Crippen LogP contribution in [0.1, 0.15) is 10.4 Å². The molecule has 0 fully saturated rings. The molecule has 4 rings (SSSR count). The van der Waals surface area contributed by atoms with Crippen molar-refractivity contribution in [2.75, 3.05) is 19.4 Å². The summed E-state index contributed by atoms with van der Waals surface area (Å²) in [6, 6.07) is 7.19. The number of nitrogens with one attached hydrogen (secondary N) is 1. The number of hydrogen-bond acceptors (Lipinski definition) is 4. The van der Waals surface area contributed by atoms with Gasteiger partial charge in [0.15, 0.2) is 5.82 Å². The highest BCUT2D eigenvalue weighted by Crippen LogP contribution is 2.30. The van der Waals surface area contributed by atoms with Crippen molar-refractivity contribution in [1.82, 2.24) is 9.66 Å². The number of halogens is 1. The zero-order valence-electron chi connectivity index (χ0n) is 12.6. The van der Waals surface area contributed by atoms with Gasteiger partial charge < -0.3 is 10.7 Å². The number of likely N-dealkylation sites (N-methyl/N-ethyl adjacent to an activating group) is 1. The second kappa shape index (κ2) is 5.33. The van der Waals surface area contributed by atoms with E-state index in [-0.39, 0.29) is 5.56 Å². The average molecular weight is 348 g/mol. The van der Waals surface area contributed by atoms with Crippen LogP contribution >= 0.6 is 22.9 Å². The lowest BCUT2D eigenvalue weighted by Gasteiger charge is -2.19. The smallest absolute Gasteiger partial charge is 0.281 e. The molecule has 0 aliphatic carbocycles. The van der Waals surface area contributed by atoms with Crippen molar-refractivity contribution >= 4 is 33.2 Å². The summed E-state index contributed by atoms with van der Waals surface area (Å²) < 4.78 is 1.16. The Morgan fingerprint density at radius 3 is 2.83 bits per heavy atom. The van der Waals surface area contributed by atoms with E-state index >= 15 is 0 Å². The zero-order valence-corrected chi connectivity index (χ0v) is 14.2. The fourth-order valence-corrected chi connectivity index (χ4v) is 4.52. The van der Waals surface area contributed by atoms with E-state index in [2.05, 4.69) is 12.0 Å². The molecule has 0 radical (unpaired) electrons. The molecule has 1 aromatic carbocycles. The molecule has 0 bridgehead atoms. The van der Waals surface area contributed by atoms with Gasteiger partial charge >= 0.3 is 0 Å². The van der Waals surface area contributed by atoms with Crippen molar-refractivity contribution in [2.45, 2.75) is 13.0 Å². The summed E-state index contributed by atoms with van der Waals surface area (Å²) in [4.78, 5) is 20.9. The van der Waals surface area contributed by atoms with E-state index in [1.807, 2.05) is 12.1 Å². The summed E-state index contributed by atoms with van der Waals surface area (Å²) in [6.45, 7) is 1.97. The van der Waals surface area contributed by atoms with E-state index in [4.69, 9.17) is 17.4 Å². The highest BCUT2D eigenvalue weighted by Gasteiger charge is 2.25. The largest absolute Gasteiger partial charge is 0.334 e. The number of nitrogens with two attached hydrogens (primary N) is 1. The van der Waals surface area contributed by atoms with Crippen molar-refractivity contribution in [1.29, 1.82) is 0 Å². The Morgan fingerprint density at radius 1 is 1.35 bits per heavy atom. The molecule has 1 atom stereocenters. The average Bonchev–Trinajstić information content (AvgIpc) is 2.89. The fraction of sp³-hybridized carbons (Fsp3) is 0.250. The first-order chi connectivity index (χ1) is 11.0. The highest BCUT2D eigenvalue weighted by atomic mass is 35.5. The first kappa shape index (κ1) is 14.7. The maximum Gasteiger partial charge on any atom is 0.281 e. The lowest BCUT2D eigenvalue weighted by molar-refractivity contribution is -0.895. The Bertz CT molecular complexity index is 961. The molecule has 1 aliphatic heterocycles. The Morgan fingerprint density at radius 2 is 2.09 bits per heavy atom. The summed E-state index contributed by atoms with van der Waals surface area (Å²) in [6.07, 6.45) is 0.901. The van der Waals surface area contributed by atoms with Crippen LogP contribution in [0.4, 0.5) is 0 Å². The number of aromatic nitrogens is 2. The zero-order chi connectivity index (χ0) is 16.1. The summed E-state index contributed by atoms with van der Waals surface area (Å²) in [5.41, 5.74) is 1.75. The molecule has 1 unspecified atom stereocenters. The summed E-state index contributed by atoms with van der Waals surface area (Å²) >= 11 is 7.54. The lowest BCUT2D eigenvalue weighted by Crippen LogP contribution is -3.08. The van der Waals surface area contributed by atoms with Gasteiger partial charge in [0.2, 0.25) is 0 Å². The monoisotopic (exact) mass is 347 g/mol. The van der Waals surface area contributed by atoms with Gasteiger partial charge in [-0.15, -0.1) is 11.3 Å². The number of hydrogen-bond donors (Lipinski definition) is 2. The molecule has 3 aromatic rings. The molecule has 23 heavy (non-hydrogen) atoms. The van der Waals surface area contributed by atoms with Crippen LogP contribution in [0.15, 0.2) is 29.1 Å². The first-order valence-corrected chi connectivity index (χ1v) is 8.63. The van der Waals surface area contributed by atoms with Gasteiger partial charge in [-0.2, -0.15) is 0 Å². The number of nitrogen functional groups attached to an aromatic ring is 1. The number of nitrogens with zero attached hydrogens (tertiary/aromatic N) is 2. The molecule has 1 aliphatic rings. The number of rotatable bonds is 1. The van der Waals surface area contributed by atoms with Crippen molar-refractivity contribution in [2.24, 2.45) is 0 Å². The molecule has 7 heteroatoms. The minimum absolute atomic E-state index is 0.169. The van der Waals surface area contributed by atoms with E-state index in [0.29, 0.717) is 16.2 Å². The quantitative estimate of drug-likeness (QED) is 0.647. The van der Waals surface area contributed by atoms with E-state index in [0.717, 1.165) is 40.1 Å². The van der Waals surface area contributed by atoms with Gasteiger partial charge in [0, 0.05) is 17.0 Å². The molecule has 2 aromatic heterocycles. The molecule has 118 valence electrons. The second-order valence-corrected chi connectivity index (χ2v) is 7.46. The van der Waals surface area contributed by atoms with Crippen LogP contribution in [0.25, 0.3) is 21.6 Å². The van der Waals surface area contributed by atoms with Crippen LogP contribution in [0.5, 0.6) is 0 Å². The number of thiophene rings is 1. The number of quaternary nitrogens is 1. The minimum Gasteiger partial charge on any atom is -0.334 e. The van der Waals surface area contributed by atoms with Crippen LogP contribution in [-0.4, -0.2) is 23.3 Å². The van der Waals surface area contributed by atoms with Gasteiger partial charge in [0.1, 0.15) is 11.4 Å². The topological polar surface area (TPSA) is 65.3 Å². The van der Waals surface area contributed by atoms with Crippen molar-refractivity contribution in [3.63, 3.8) is 0 Å².